The van der Waals surface area contributed by atoms with Crippen LogP contribution >= 0.6 is 24.0 Å². The maximum absolute atomic E-state index is 12.6. The van der Waals surface area contributed by atoms with Gasteiger partial charge in [-0.3, -0.25) is 4.79 Å². The summed E-state index contributed by atoms with van der Waals surface area (Å²) in [6, 6.07) is 7.18. The molecule has 1 aromatic carbocycles. The fourth-order valence-corrected chi connectivity index (χ4v) is 3.21. The van der Waals surface area contributed by atoms with Crippen LogP contribution in [0.1, 0.15) is 34.1 Å². The highest BCUT2D eigenvalue weighted by Gasteiger charge is 2.62. The van der Waals surface area contributed by atoms with Gasteiger partial charge in [0, 0.05) is 23.5 Å². The molecule has 1 saturated carbocycles. The molecular weight excluding hydrogens is 363 g/mol. The number of nitrogens with one attached hydrogen (secondary N) is 1. The molecule has 0 aromatic heterocycles. The summed E-state index contributed by atoms with van der Waals surface area (Å²) in [5.74, 6) is 0.511. The van der Waals surface area contributed by atoms with Crippen molar-refractivity contribution in [3.63, 3.8) is 0 Å². The second kappa shape index (κ2) is 8.58. The predicted molar refractivity (Wildman–Crippen MR) is 103 cm³/mol. The molecule has 0 bridgehead atoms. The Hall–Kier alpha value is -1.01. The van der Waals surface area contributed by atoms with Crippen molar-refractivity contribution in [2.45, 2.75) is 51.9 Å². The van der Waals surface area contributed by atoms with Gasteiger partial charge in [-0.1, -0.05) is 31.5 Å². The maximum Gasteiger partial charge on any atom is 0.240 e. The van der Waals surface area contributed by atoms with E-state index in [1.807, 2.05) is 39.8 Å². The van der Waals surface area contributed by atoms with Crippen molar-refractivity contribution < 1.29 is 14.3 Å². The first kappa shape index (κ1) is 22.0. The van der Waals surface area contributed by atoms with Crippen LogP contribution in [0.15, 0.2) is 24.3 Å². The number of amides is 1. The Morgan fingerprint density at radius 2 is 2.16 bits per heavy atom. The van der Waals surface area contributed by atoms with Gasteiger partial charge in [0.1, 0.15) is 17.4 Å². The lowest BCUT2D eigenvalue weighted by atomic mass is 9.54. The van der Waals surface area contributed by atoms with E-state index < -0.39 is 11.0 Å². The highest BCUT2D eigenvalue weighted by molar-refractivity contribution is 6.30. The minimum atomic E-state index is -0.914. The fourth-order valence-electron chi connectivity index (χ4n) is 3.03. The molecule has 0 radical (unpaired) electrons. The summed E-state index contributed by atoms with van der Waals surface area (Å²) < 4.78 is 11.4. The van der Waals surface area contributed by atoms with Crippen LogP contribution in [0.5, 0.6) is 5.75 Å². The average molecular weight is 391 g/mol. The number of benzene rings is 1. The van der Waals surface area contributed by atoms with Crippen molar-refractivity contribution >= 4 is 29.9 Å². The van der Waals surface area contributed by atoms with Crippen LogP contribution in [0, 0.1) is 5.41 Å². The Morgan fingerprint density at radius 1 is 1.48 bits per heavy atom. The number of hydrogen-bond donors (Lipinski definition) is 2. The van der Waals surface area contributed by atoms with E-state index in [0.29, 0.717) is 30.3 Å². The van der Waals surface area contributed by atoms with Crippen molar-refractivity contribution in [1.82, 2.24) is 5.32 Å². The van der Waals surface area contributed by atoms with Crippen LogP contribution in [-0.2, 0) is 9.53 Å². The van der Waals surface area contributed by atoms with Crippen LogP contribution in [-0.4, -0.2) is 36.8 Å². The second-order valence-electron chi connectivity index (χ2n) is 6.94. The molecule has 1 fully saturated rings. The third-order valence-corrected chi connectivity index (χ3v) is 5.15. The van der Waals surface area contributed by atoms with Gasteiger partial charge < -0.3 is 20.5 Å². The van der Waals surface area contributed by atoms with Gasteiger partial charge in [0.15, 0.2) is 0 Å². The summed E-state index contributed by atoms with van der Waals surface area (Å²) in [6.45, 7) is 8.78. The normalized spacial score (nSPS) is 25.3. The lowest BCUT2D eigenvalue weighted by Gasteiger charge is -2.57. The van der Waals surface area contributed by atoms with E-state index in [2.05, 4.69) is 5.32 Å². The molecule has 3 N–H and O–H groups in total. The van der Waals surface area contributed by atoms with Crippen LogP contribution in [0.25, 0.3) is 0 Å². The SMILES string of the molecule is CCOC1CC(N)(C(=O)NCC(C)Oc2cccc(Cl)c2)C1(C)C.Cl. The summed E-state index contributed by atoms with van der Waals surface area (Å²) in [4.78, 5) is 12.6. The number of ether oxygens (including phenoxy) is 2. The molecule has 1 aliphatic carbocycles. The van der Waals surface area contributed by atoms with E-state index in [4.69, 9.17) is 26.8 Å². The Bertz CT molecular complexity index is 597. The molecule has 25 heavy (non-hydrogen) atoms. The summed E-state index contributed by atoms with van der Waals surface area (Å²) in [5, 5.41) is 3.51. The van der Waals surface area contributed by atoms with Gasteiger partial charge in [0.2, 0.25) is 5.91 Å². The zero-order valence-corrected chi connectivity index (χ0v) is 16.7. The zero-order valence-electron chi connectivity index (χ0n) is 15.2. The quantitative estimate of drug-likeness (QED) is 0.749. The Labute approximate surface area is 161 Å². The van der Waals surface area contributed by atoms with Crippen molar-refractivity contribution in [2.24, 2.45) is 11.1 Å². The minimum Gasteiger partial charge on any atom is -0.489 e. The van der Waals surface area contributed by atoms with Crippen molar-refractivity contribution in [3.8, 4) is 5.75 Å². The number of carbonyl (C=O) groups excluding carboxylic acids is 1. The third-order valence-electron chi connectivity index (χ3n) is 4.92. The van der Waals surface area contributed by atoms with Crippen LogP contribution in [0.4, 0.5) is 0 Å². The predicted octanol–water partition coefficient (Wildman–Crippen LogP) is 3.18. The second-order valence-corrected chi connectivity index (χ2v) is 7.37. The van der Waals surface area contributed by atoms with Crippen molar-refractivity contribution in [1.29, 1.82) is 0 Å². The molecule has 0 aliphatic heterocycles. The Kier molecular flexibility index (Phi) is 7.56. The molecule has 142 valence electrons. The Balaban J connectivity index is 0.00000312. The fraction of sp³-hybridized carbons (Fsp3) is 0.611. The topological polar surface area (TPSA) is 73.6 Å². The van der Waals surface area contributed by atoms with E-state index >= 15 is 0 Å². The Morgan fingerprint density at radius 3 is 2.72 bits per heavy atom. The number of carbonyl (C=O) groups is 1. The zero-order chi connectivity index (χ0) is 18.0. The molecule has 7 heteroatoms. The monoisotopic (exact) mass is 390 g/mol. The summed E-state index contributed by atoms with van der Waals surface area (Å²) >= 11 is 5.93. The molecule has 1 aliphatic rings. The van der Waals surface area contributed by atoms with E-state index in [1.165, 1.54) is 0 Å². The van der Waals surface area contributed by atoms with Gasteiger partial charge in [-0.05, 0) is 32.0 Å². The average Bonchev–Trinajstić information content (AvgIpc) is 2.52. The molecule has 0 saturated heterocycles. The summed E-state index contributed by atoms with van der Waals surface area (Å²) in [5.41, 5.74) is 5.04. The molecule has 3 atom stereocenters. The molecule has 3 unspecified atom stereocenters. The molecule has 1 aromatic rings. The number of halogens is 2. The summed E-state index contributed by atoms with van der Waals surface area (Å²) in [6.07, 6.45) is 0.351. The van der Waals surface area contributed by atoms with Crippen LogP contribution < -0.4 is 15.8 Å². The molecule has 0 heterocycles. The van der Waals surface area contributed by atoms with Crippen molar-refractivity contribution in [3.05, 3.63) is 29.3 Å². The van der Waals surface area contributed by atoms with E-state index in [1.54, 1.807) is 12.1 Å². The highest BCUT2D eigenvalue weighted by atomic mass is 35.5. The first-order valence-electron chi connectivity index (χ1n) is 8.31. The number of nitrogens with two attached hydrogens (primary N) is 1. The first-order chi connectivity index (χ1) is 11.2. The largest absolute Gasteiger partial charge is 0.489 e. The minimum absolute atomic E-state index is 0. The molecule has 1 amide bonds. The maximum atomic E-state index is 12.6. The standard InChI is InChI=1S/C18H27ClN2O3.ClH/c1-5-23-15-10-18(20,17(15,3)4)16(22)21-11-12(2)24-14-8-6-7-13(19)9-14;/h6-9,12,15H,5,10-11,20H2,1-4H3,(H,21,22);1H. The van der Waals surface area contributed by atoms with E-state index in [9.17, 15) is 4.79 Å². The number of hydrogen-bond acceptors (Lipinski definition) is 4. The van der Waals surface area contributed by atoms with Gasteiger partial charge in [0.25, 0.3) is 0 Å². The highest BCUT2D eigenvalue weighted by Crippen LogP contribution is 2.49. The molecule has 0 spiro atoms. The lowest BCUT2D eigenvalue weighted by Crippen LogP contribution is -2.76. The van der Waals surface area contributed by atoms with Crippen LogP contribution in [0.2, 0.25) is 5.02 Å². The molecular formula is C18H28Cl2N2O3. The van der Waals surface area contributed by atoms with Gasteiger partial charge in [-0.15, -0.1) is 12.4 Å². The molecule has 2 rings (SSSR count). The third kappa shape index (κ3) is 4.59. The summed E-state index contributed by atoms with van der Waals surface area (Å²) in [7, 11) is 0. The van der Waals surface area contributed by atoms with Gasteiger partial charge in [-0.25, -0.2) is 0 Å². The van der Waals surface area contributed by atoms with Crippen LogP contribution in [0.3, 0.4) is 0 Å². The molecule has 5 nitrogen and oxygen atoms in total. The smallest absolute Gasteiger partial charge is 0.240 e. The van der Waals surface area contributed by atoms with Gasteiger partial charge in [-0.2, -0.15) is 0 Å². The van der Waals surface area contributed by atoms with E-state index in [-0.39, 0.29) is 30.5 Å². The first-order valence-corrected chi connectivity index (χ1v) is 8.69. The number of rotatable bonds is 7. The van der Waals surface area contributed by atoms with Gasteiger partial charge in [0.05, 0.1) is 12.6 Å². The van der Waals surface area contributed by atoms with Gasteiger partial charge >= 0.3 is 0 Å². The lowest BCUT2D eigenvalue weighted by molar-refractivity contribution is -0.170. The van der Waals surface area contributed by atoms with E-state index in [0.717, 1.165) is 0 Å². The van der Waals surface area contributed by atoms with Crippen molar-refractivity contribution in [2.75, 3.05) is 13.2 Å².